The molecule has 7 nitrogen and oxygen atoms in total. The Morgan fingerprint density at radius 1 is 1.06 bits per heavy atom. The fraction of sp³-hybridized carbons (Fsp3) is 0.704. The molecule has 2 aromatic rings. The molecule has 0 spiro atoms. The monoisotopic (exact) mass is 501 g/mol. The maximum Gasteiger partial charge on any atom is 0.380 e. The summed E-state index contributed by atoms with van der Waals surface area (Å²) in [5.74, 6) is 0.790. The Hall–Kier alpha value is -1.53. The Kier molecular flexibility index (Phi) is 6.53. The lowest BCUT2D eigenvalue weighted by Gasteiger charge is -2.56. The van der Waals surface area contributed by atoms with Gasteiger partial charge in [-0.05, 0) is 81.9 Å². The third-order valence-electron chi connectivity index (χ3n) is 9.11. The normalized spacial score (nSPS) is 31.5. The molecule has 2 saturated heterocycles. The highest BCUT2D eigenvalue weighted by Gasteiger charge is 2.47. The molecule has 1 aromatic heterocycles. The summed E-state index contributed by atoms with van der Waals surface area (Å²) in [6.45, 7) is 8.26. The van der Waals surface area contributed by atoms with E-state index in [0.717, 1.165) is 38.1 Å². The molecule has 2 aliphatic heterocycles. The van der Waals surface area contributed by atoms with E-state index in [1.54, 1.807) is 16.7 Å². The number of nitrogens with zero attached hydrogens (tertiary/aromatic N) is 3. The fourth-order valence-electron chi connectivity index (χ4n) is 7.59. The van der Waals surface area contributed by atoms with Gasteiger partial charge in [-0.3, -0.25) is 14.3 Å². The largest absolute Gasteiger partial charge is 0.380 e. The summed E-state index contributed by atoms with van der Waals surface area (Å²) in [6.07, 6.45) is 11.6. The van der Waals surface area contributed by atoms with E-state index in [-0.39, 0.29) is 11.6 Å². The van der Waals surface area contributed by atoms with Crippen molar-refractivity contribution in [2.75, 3.05) is 6.54 Å². The molecule has 4 atom stereocenters. The second kappa shape index (κ2) is 9.09. The summed E-state index contributed by atoms with van der Waals surface area (Å²) in [6, 6.07) is 7.53. The second-order valence-corrected chi connectivity index (χ2v) is 13.9. The number of rotatable bonds is 5. The van der Waals surface area contributed by atoms with Crippen LogP contribution in [0.25, 0.3) is 11.0 Å². The summed E-state index contributed by atoms with van der Waals surface area (Å²) >= 11 is 0. The first-order chi connectivity index (χ1) is 16.5. The van der Waals surface area contributed by atoms with Gasteiger partial charge in [0.15, 0.2) is 0 Å². The zero-order valence-corrected chi connectivity index (χ0v) is 22.2. The highest BCUT2D eigenvalue weighted by atomic mass is 31.2. The molecule has 1 aromatic carbocycles. The molecule has 1 saturated carbocycles. The van der Waals surface area contributed by atoms with Crippen molar-refractivity contribution >= 4 is 24.1 Å². The second-order valence-electron chi connectivity index (χ2n) is 12.4. The van der Waals surface area contributed by atoms with E-state index >= 15 is 0 Å². The van der Waals surface area contributed by atoms with Crippen molar-refractivity contribution < 1.29 is 14.4 Å². The first-order valence-electron chi connectivity index (χ1n) is 13.3. The first kappa shape index (κ1) is 25.1. The van der Waals surface area contributed by atoms with E-state index in [1.807, 2.05) is 12.1 Å². The molecule has 1 aliphatic carbocycles. The van der Waals surface area contributed by atoms with Crippen LogP contribution in [-0.4, -0.2) is 42.4 Å². The molecule has 3 heterocycles. The maximum atomic E-state index is 13.4. The van der Waals surface area contributed by atoms with Gasteiger partial charge in [0.25, 0.3) is 5.56 Å². The van der Waals surface area contributed by atoms with Crippen LogP contribution < -0.4 is 11.0 Å². The fourth-order valence-corrected chi connectivity index (χ4v) is 8.19. The van der Waals surface area contributed by atoms with E-state index in [2.05, 4.69) is 30.7 Å². The van der Waals surface area contributed by atoms with Gasteiger partial charge in [-0.25, -0.2) is 4.98 Å². The summed E-state index contributed by atoms with van der Waals surface area (Å²) in [5, 5.41) is 0. The molecule has 5 rings (SSSR count). The predicted molar refractivity (Wildman–Crippen MR) is 139 cm³/mol. The van der Waals surface area contributed by atoms with Crippen molar-refractivity contribution in [3.63, 3.8) is 0 Å². The van der Waals surface area contributed by atoms with Gasteiger partial charge in [0.05, 0.1) is 11.0 Å². The summed E-state index contributed by atoms with van der Waals surface area (Å²) in [7, 11) is -4.78. The van der Waals surface area contributed by atoms with Crippen molar-refractivity contribution in [2.45, 2.75) is 103 Å². The SMILES string of the molecule is CC1(C)CCC[C@@H](CCN2[C@H]3CCCC2(C)C[C@H](n2c(=O)c(P(=O)(O)O)nc4ccccc42)C3)C1. The summed E-state index contributed by atoms with van der Waals surface area (Å²) in [4.78, 5) is 40.0. The van der Waals surface area contributed by atoms with E-state index in [4.69, 9.17) is 0 Å². The minimum atomic E-state index is -4.78. The number of fused-ring (bicyclic) bond motifs is 3. The number of hydrogen-bond acceptors (Lipinski definition) is 4. The number of benzene rings is 1. The standard InChI is InChI=1S/C27H40N3O4P/c1-26(2)13-6-8-19(17-26)12-15-29-20-9-7-14-27(29,3)18-21(16-20)30-23-11-5-4-10-22(23)28-24(25(30)31)35(32,33)34/h4-5,10-11,19-21H,6-9,12-18H2,1-3H3,(H2,32,33,34)/t19-,20-,21+,27?/m0/s1. The zero-order chi connectivity index (χ0) is 25.0. The van der Waals surface area contributed by atoms with E-state index < -0.39 is 18.6 Å². The Morgan fingerprint density at radius 2 is 1.80 bits per heavy atom. The zero-order valence-electron chi connectivity index (χ0n) is 21.3. The van der Waals surface area contributed by atoms with Gasteiger partial charge in [0.2, 0.25) is 5.44 Å². The van der Waals surface area contributed by atoms with Crippen LogP contribution in [0.4, 0.5) is 0 Å². The number of hydrogen-bond donors (Lipinski definition) is 2. The topological polar surface area (TPSA) is 95.7 Å². The van der Waals surface area contributed by atoms with Crippen molar-refractivity contribution in [3.05, 3.63) is 34.6 Å². The molecule has 0 amide bonds. The smallest absolute Gasteiger partial charge is 0.320 e. The van der Waals surface area contributed by atoms with Crippen LogP contribution in [0, 0.1) is 11.3 Å². The Bertz CT molecular complexity index is 1200. The van der Waals surface area contributed by atoms with Crippen molar-refractivity contribution in [2.24, 2.45) is 11.3 Å². The quantitative estimate of drug-likeness (QED) is 0.574. The molecule has 2 N–H and O–H groups in total. The molecule has 0 radical (unpaired) electrons. The first-order valence-corrected chi connectivity index (χ1v) is 14.9. The third kappa shape index (κ3) is 4.90. The third-order valence-corrected chi connectivity index (χ3v) is 9.95. The highest BCUT2D eigenvalue weighted by Crippen LogP contribution is 2.47. The minimum Gasteiger partial charge on any atom is -0.320 e. The van der Waals surface area contributed by atoms with Crippen LogP contribution in [0.1, 0.15) is 91.0 Å². The molecule has 3 aliphatic rings. The average Bonchev–Trinajstić information content (AvgIpc) is 2.75. The van der Waals surface area contributed by atoms with Crippen molar-refractivity contribution in [1.29, 1.82) is 0 Å². The molecule has 192 valence electrons. The van der Waals surface area contributed by atoms with Crippen molar-refractivity contribution in [3.8, 4) is 0 Å². The Balaban J connectivity index is 1.45. The highest BCUT2D eigenvalue weighted by molar-refractivity contribution is 7.59. The molecule has 1 unspecified atom stereocenters. The van der Waals surface area contributed by atoms with E-state index in [1.165, 1.54) is 38.5 Å². The molecule has 2 bridgehead atoms. The van der Waals surface area contributed by atoms with E-state index in [9.17, 15) is 19.1 Å². The average molecular weight is 502 g/mol. The lowest BCUT2D eigenvalue weighted by Crippen LogP contribution is -2.60. The number of piperidine rings is 2. The number of para-hydroxylation sites is 2. The molecule has 3 fully saturated rings. The molecule has 35 heavy (non-hydrogen) atoms. The molecular weight excluding hydrogens is 461 g/mol. The maximum absolute atomic E-state index is 13.4. The number of aromatic nitrogens is 2. The van der Waals surface area contributed by atoms with Gasteiger partial charge in [-0.2, -0.15) is 0 Å². The lowest BCUT2D eigenvalue weighted by molar-refractivity contribution is -0.0519. The lowest BCUT2D eigenvalue weighted by atomic mass is 9.70. The van der Waals surface area contributed by atoms with Gasteiger partial charge in [0, 0.05) is 17.6 Å². The van der Waals surface area contributed by atoms with Gasteiger partial charge >= 0.3 is 7.60 Å². The summed E-state index contributed by atoms with van der Waals surface area (Å²) in [5.41, 5.74) is 0.301. The predicted octanol–water partition coefficient (Wildman–Crippen LogP) is 4.75. The minimum absolute atomic E-state index is 0.0118. The molecular formula is C27H40N3O4P. The van der Waals surface area contributed by atoms with Crippen LogP contribution in [0.3, 0.4) is 0 Å². The van der Waals surface area contributed by atoms with Crippen LogP contribution in [0.2, 0.25) is 0 Å². The van der Waals surface area contributed by atoms with Crippen LogP contribution in [0.15, 0.2) is 29.1 Å². The van der Waals surface area contributed by atoms with E-state index in [0.29, 0.717) is 22.5 Å². The van der Waals surface area contributed by atoms with Gasteiger partial charge in [-0.15, -0.1) is 0 Å². The Morgan fingerprint density at radius 3 is 2.51 bits per heavy atom. The molecule has 8 heteroatoms. The van der Waals surface area contributed by atoms with Gasteiger partial charge < -0.3 is 14.4 Å². The Labute approximate surface area is 208 Å². The van der Waals surface area contributed by atoms with Gasteiger partial charge in [0.1, 0.15) is 0 Å². The summed E-state index contributed by atoms with van der Waals surface area (Å²) < 4.78 is 13.8. The van der Waals surface area contributed by atoms with Gasteiger partial charge in [-0.1, -0.05) is 45.2 Å². The van der Waals surface area contributed by atoms with Crippen LogP contribution in [-0.2, 0) is 4.57 Å². The van der Waals surface area contributed by atoms with Crippen LogP contribution in [0.5, 0.6) is 0 Å². The van der Waals surface area contributed by atoms with Crippen LogP contribution >= 0.6 is 7.60 Å². The van der Waals surface area contributed by atoms with Crippen molar-refractivity contribution in [1.82, 2.24) is 14.5 Å².